The molecule has 2 heteroatoms. The van der Waals surface area contributed by atoms with Gasteiger partial charge in [0, 0.05) is 12.6 Å². The van der Waals surface area contributed by atoms with Gasteiger partial charge in [0.05, 0.1) is 6.10 Å². The SMILES string of the molecule is CCC1CCC(NCC(O)c2ccc(C(C)C)cc2)CC1. The zero-order valence-electron chi connectivity index (χ0n) is 13.8. The molecule has 1 aliphatic carbocycles. The molecule has 0 spiro atoms. The van der Waals surface area contributed by atoms with E-state index in [1.54, 1.807) is 0 Å². The molecule has 1 fully saturated rings. The van der Waals surface area contributed by atoms with Crippen molar-refractivity contribution in [3.05, 3.63) is 35.4 Å². The Morgan fingerprint density at radius 2 is 1.62 bits per heavy atom. The normalized spacial score (nSPS) is 24.2. The van der Waals surface area contributed by atoms with Crippen LogP contribution in [0, 0.1) is 5.92 Å². The average molecular weight is 289 g/mol. The lowest BCUT2D eigenvalue weighted by molar-refractivity contribution is 0.162. The van der Waals surface area contributed by atoms with Crippen molar-refractivity contribution < 1.29 is 5.11 Å². The first-order valence-corrected chi connectivity index (χ1v) is 8.61. The summed E-state index contributed by atoms with van der Waals surface area (Å²) < 4.78 is 0. The number of nitrogens with one attached hydrogen (secondary N) is 1. The van der Waals surface area contributed by atoms with Crippen molar-refractivity contribution in [2.45, 2.75) is 70.9 Å². The van der Waals surface area contributed by atoms with Gasteiger partial charge in [0.25, 0.3) is 0 Å². The monoisotopic (exact) mass is 289 g/mol. The van der Waals surface area contributed by atoms with E-state index in [9.17, 15) is 5.11 Å². The Balaban J connectivity index is 1.78. The van der Waals surface area contributed by atoms with Gasteiger partial charge in [-0.15, -0.1) is 0 Å². The van der Waals surface area contributed by atoms with E-state index < -0.39 is 6.10 Å². The molecule has 21 heavy (non-hydrogen) atoms. The summed E-state index contributed by atoms with van der Waals surface area (Å²) in [6, 6.07) is 8.99. The average Bonchev–Trinajstić information content (AvgIpc) is 2.53. The zero-order valence-corrected chi connectivity index (χ0v) is 13.8. The molecular formula is C19H31NO. The number of aliphatic hydroxyl groups excluding tert-OH is 1. The largest absolute Gasteiger partial charge is 0.387 e. The van der Waals surface area contributed by atoms with Crippen LogP contribution in [-0.4, -0.2) is 17.7 Å². The van der Waals surface area contributed by atoms with Crippen molar-refractivity contribution in [1.82, 2.24) is 5.32 Å². The van der Waals surface area contributed by atoms with Crippen molar-refractivity contribution in [3.63, 3.8) is 0 Å². The molecule has 0 saturated heterocycles. The summed E-state index contributed by atoms with van der Waals surface area (Å²) in [6.07, 6.45) is 6.13. The summed E-state index contributed by atoms with van der Waals surface area (Å²) >= 11 is 0. The van der Waals surface area contributed by atoms with Gasteiger partial charge in [0.1, 0.15) is 0 Å². The Hall–Kier alpha value is -0.860. The number of benzene rings is 1. The third-order valence-corrected chi connectivity index (χ3v) is 5.01. The number of hydrogen-bond acceptors (Lipinski definition) is 2. The molecule has 1 saturated carbocycles. The molecule has 0 amide bonds. The lowest BCUT2D eigenvalue weighted by Crippen LogP contribution is -2.35. The van der Waals surface area contributed by atoms with E-state index in [0.717, 1.165) is 11.5 Å². The molecule has 2 N–H and O–H groups in total. The highest BCUT2D eigenvalue weighted by atomic mass is 16.3. The van der Waals surface area contributed by atoms with Gasteiger partial charge >= 0.3 is 0 Å². The van der Waals surface area contributed by atoms with Gasteiger partial charge in [-0.1, -0.05) is 51.5 Å². The Morgan fingerprint density at radius 3 is 2.14 bits per heavy atom. The van der Waals surface area contributed by atoms with E-state index in [-0.39, 0.29) is 0 Å². The predicted octanol–water partition coefficient (Wildman–Crippen LogP) is 4.40. The minimum Gasteiger partial charge on any atom is -0.387 e. The second-order valence-corrected chi connectivity index (χ2v) is 6.87. The van der Waals surface area contributed by atoms with Crippen molar-refractivity contribution >= 4 is 0 Å². The second-order valence-electron chi connectivity index (χ2n) is 6.87. The van der Waals surface area contributed by atoms with Crippen molar-refractivity contribution in [1.29, 1.82) is 0 Å². The third kappa shape index (κ3) is 4.82. The summed E-state index contributed by atoms with van der Waals surface area (Å²) in [7, 11) is 0. The number of rotatable bonds is 6. The van der Waals surface area contributed by atoms with Crippen LogP contribution >= 0.6 is 0 Å². The van der Waals surface area contributed by atoms with Crippen LogP contribution in [0.25, 0.3) is 0 Å². The van der Waals surface area contributed by atoms with E-state index in [2.05, 4.69) is 50.4 Å². The molecule has 2 rings (SSSR count). The van der Waals surface area contributed by atoms with Crippen LogP contribution in [0.2, 0.25) is 0 Å². The third-order valence-electron chi connectivity index (χ3n) is 5.01. The van der Waals surface area contributed by atoms with E-state index in [1.807, 2.05) is 0 Å². The summed E-state index contributed by atoms with van der Waals surface area (Å²) in [5, 5.41) is 13.9. The van der Waals surface area contributed by atoms with Crippen molar-refractivity contribution in [2.24, 2.45) is 5.92 Å². The lowest BCUT2D eigenvalue weighted by Gasteiger charge is -2.29. The highest BCUT2D eigenvalue weighted by Gasteiger charge is 2.20. The Kier molecular flexibility index (Phi) is 6.25. The second kappa shape index (κ2) is 7.95. The molecule has 0 aromatic heterocycles. The fourth-order valence-corrected chi connectivity index (χ4v) is 3.27. The Bertz CT molecular complexity index is 404. The molecule has 2 nitrogen and oxygen atoms in total. The van der Waals surface area contributed by atoms with Gasteiger partial charge in [-0.2, -0.15) is 0 Å². The van der Waals surface area contributed by atoms with Gasteiger partial charge in [-0.25, -0.2) is 0 Å². The molecule has 1 aromatic carbocycles. The molecule has 1 aliphatic rings. The van der Waals surface area contributed by atoms with Gasteiger partial charge in [0.2, 0.25) is 0 Å². The predicted molar refractivity (Wildman–Crippen MR) is 89.5 cm³/mol. The number of aliphatic hydroxyl groups is 1. The fourth-order valence-electron chi connectivity index (χ4n) is 3.27. The first-order chi connectivity index (χ1) is 10.1. The van der Waals surface area contributed by atoms with Crippen molar-refractivity contribution in [3.8, 4) is 0 Å². The van der Waals surface area contributed by atoms with E-state index in [1.165, 1.54) is 37.7 Å². The van der Waals surface area contributed by atoms with Gasteiger partial charge in [-0.3, -0.25) is 0 Å². The van der Waals surface area contributed by atoms with Crippen LogP contribution in [0.5, 0.6) is 0 Å². The molecule has 118 valence electrons. The van der Waals surface area contributed by atoms with Crippen LogP contribution in [0.3, 0.4) is 0 Å². The molecule has 1 aromatic rings. The maximum absolute atomic E-state index is 10.3. The molecule has 0 bridgehead atoms. The molecule has 1 atom stereocenters. The van der Waals surface area contributed by atoms with Gasteiger partial charge in [-0.05, 0) is 48.6 Å². The Morgan fingerprint density at radius 1 is 1.05 bits per heavy atom. The number of hydrogen-bond donors (Lipinski definition) is 2. The first-order valence-electron chi connectivity index (χ1n) is 8.61. The van der Waals surface area contributed by atoms with Crippen LogP contribution in [0.15, 0.2) is 24.3 Å². The summed E-state index contributed by atoms with van der Waals surface area (Å²) in [5.41, 5.74) is 2.35. The topological polar surface area (TPSA) is 32.3 Å². The molecule has 0 radical (unpaired) electrons. The summed E-state index contributed by atoms with van der Waals surface area (Å²) in [5.74, 6) is 1.47. The molecule has 1 unspecified atom stereocenters. The van der Waals surface area contributed by atoms with E-state index >= 15 is 0 Å². The maximum Gasteiger partial charge on any atom is 0.0914 e. The minimum atomic E-state index is -0.393. The van der Waals surface area contributed by atoms with E-state index in [0.29, 0.717) is 18.5 Å². The maximum atomic E-state index is 10.3. The van der Waals surface area contributed by atoms with Crippen molar-refractivity contribution in [2.75, 3.05) is 6.54 Å². The summed E-state index contributed by atoms with van der Waals surface area (Å²) in [4.78, 5) is 0. The minimum absolute atomic E-state index is 0.393. The fraction of sp³-hybridized carbons (Fsp3) is 0.684. The zero-order chi connectivity index (χ0) is 15.2. The highest BCUT2D eigenvalue weighted by Crippen LogP contribution is 2.27. The van der Waals surface area contributed by atoms with Gasteiger partial charge in [0.15, 0.2) is 0 Å². The first kappa shape index (κ1) is 16.5. The van der Waals surface area contributed by atoms with Gasteiger partial charge < -0.3 is 10.4 Å². The quantitative estimate of drug-likeness (QED) is 0.813. The van der Waals surface area contributed by atoms with Crippen LogP contribution in [0.1, 0.15) is 76.0 Å². The Labute approximate surface area is 130 Å². The highest BCUT2D eigenvalue weighted by molar-refractivity contribution is 5.26. The molecule has 0 heterocycles. The van der Waals surface area contributed by atoms with Crippen LogP contribution in [0.4, 0.5) is 0 Å². The molecular weight excluding hydrogens is 258 g/mol. The smallest absolute Gasteiger partial charge is 0.0914 e. The summed E-state index contributed by atoms with van der Waals surface area (Å²) in [6.45, 7) is 7.35. The molecule has 0 aliphatic heterocycles. The lowest BCUT2D eigenvalue weighted by atomic mass is 9.84. The van der Waals surface area contributed by atoms with Crippen LogP contribution in [-0.2, 0) is 0 Å². The van der Waals surface area contributed by atoms with E-state index in [4.69, 9.17) is 0 Å². The van der Waals surface area contributed by atoms with Crippen LogP contribution < -0.4 is 5.32 Å². The standard InChI is InChI=1S/C19H31NO/c1-4-15-5-11-18(12-6-15)20-13-19(21)17-9-7-16(8-10-17)14(2)3/h7-10,14-15,18-21H,4-6,11-13H2,1-3H3.